The number of thiazole rings is 1. The highest BCUT2D eigenvalue weighted by Gasteiger charge is 2.13. The van der Waals surface area contributed by atoms with Gasteiger partial charge in [0.15, 0.2) is 10.8 Å². The summed E-state index contributed by atoms with van der Waals surface area (Å²) in [5.74, 6) is 0.107. The molecule has 1 amide bonds. The molecule has 0 bridgehead atoms. The summed E-state index contributed by atoms with van der Waals surface area (Å²) in [6, 6.07) is 13.6. The Hall–Kier alpha value is -3.06. The number of carbonyl (C=O) groups is 1. The molecule has 2 aromatic heterocycles. The number of hydrogen-bond donors (Lipinski definition) is 1. The van der Waals surface area contributed by atoms with Gasteiger partial charge in [-0.05, 0) is 11.5 Å². The first kappa shape index (κ1) is 14.5. The van der Waals surface area contributed by atoms with Crippen LogP contribution in [-0.4, -0.2) is 28.2 Å². The standard InChI is InChI=1S/C17H12N4O2S/c1-23-11-8-13(21-18-9-11)16(22)20-17-19-15-12-5-3-2-4-10(12)6-7-14(15)24-17/h2-9H,1H3,(H,19,20,22). The monoisotopic (exact) mass is 336 g/mol. The number of amides is 1. The number of nitrogens with zero attached hydrogens (tertiary/aromatic N) is 3. The van der Waals surface area contributed by atoms with Crippen LogP contribution in [0, 0.1) is 0 Å². The smallest absolute Gasteiger partial charge is 0.278 e. The maximum absolute atomic E-state index is 12.3. The summed E-state index contributed by atoms with van der Waals surface area (Å²) >= 11 is 1.42. The van der Waals surface area contributed by atoms with E-state index < -0.39 is 0 Å². The van der Waals surface area contributed by atoms with Crippen molar-refractivity contribution in [3.63, 3.8) is 0 Å². The van der Waals surface area contributed by atoms with E-state index in [1.54, 1.807) is 0 Å². The second kappa shape index (κ2) is 5.86. The largest absolute Gasteiger partial charge is 0.495 e. The van der Waals surface area contributed by atoms with E-state index >= 15 is 0 Å². The molecule has 118 valence electrons. The Balaban J connectivity index is 1.69. The molecule has 0 aliphatic heterocycles. The number of carbonyl (C=O) groups excluding carboxylic acids is 1. The van der Waals surface area contributed by atoms with Crippen molar-refractivity contribution >= 4 is 43.4 Å². The van der Waals surface area contributed by atoms with Crippen LogP contribution in [0.5, 0.6) is 5.75 Å². The Labute approximate surface area is 141 Å². The van der Waals surface area contributed by atoms with Crippen molar-refractivity contribution in [1.82, 2.24) is 15.2 Å². The van der Waals surface area contributed by atoms with Gasteiger partial charge >= 0.3 is 0 Å². The number of rotatable bonds is 3. The molecule has 0 aliphatic carbocycles. The predicted molar refractivity (Wildman–Crippen MR) is 93.7 cm³/mol. The third kappa shape index (κ3) is 2.55. The van der Waals surface area contributed by atoms with Crippen molar-refractivity contribution < 1.29 is 9.53 Å². The molecule has 2 aromatic carbocycles. The molecule has 0 saturated heterocycles. The number of methoxy groups -OCH3 is 1. The van der Waals surface area contributed by atoms with Crippen LogP contribution in [0.1, 0.15) is 10.5 Å². The Morgan fingerprint density at radius 1 is 1.21 bits per heavy atom. The van der Waals surface area contributed by atoms with Crippen molar-refractivity contribution in [1.29, 1.82) is 0 Å². The van der Waals surface area contributed by atoms with E-state index in [2.05, 4.69) is 26.6 Å². The Morgan fingerprint density at radius 2 is 2.08 bits per heavy atom. The Kier molecular flexibility index (Phi) is 3.55. The highest BCUT2D eigenvalue weighted by atomic mass is 32.1. The Morgan fingerprint density at radius 3 is 2.96 bits per heavy atom. The zero-order chi connectivity index (χ0) is 16.5. The van der Waals surface area contributed by atoms with Crippen LogP contribution in [0.25, 0.3) is 21.0 Å². The molecule has 6 nitrogen and oxygen atoms in total. The molecule has 4 aromatic rings. The van der Waals surface area contributed by atoms with Crippen LogP contribution in [0.2, 0.25) is 0 Å². The molecule has 24 heavy (non-hydrogen) atoms. The molecule has 0 fully saturated rings. The van der Waals surface area contributed by atoms with Crippen molar-refractivity contribution in [2.24, 2.45) is 0 Å². The minimum Gasteiger partial charge on any atom is -0.495 e. The third-order valence-electron chi connectivity index (χ3n) is 3.60. The van der Waals surface area contributed by atoms with Gasteiger partial charge in [0.05, 0.1) is 23.5 Å². The molecule has 0 saturated carbocycles. The fourth-order valence-electron chi connectivity index (χ4n) is 2.45. The van der Waals surface area contributed by atoms with Gasteiger partial charge in [0.25, 0.3) is 5.91 Å². The number of anilines is 1. The number of nitrogens with one attached hydrogen (secondary N) is 1. The minimum absolute atomic E-state index is 0.179. The van der Waals surface area contributed by atoms with Crippen molar-refractivity contribution in [3.05, 3.63) is 54.4 Å². The lowest BCUT2D eigenvalue weighted by Crippen LogP contribution is -2.14. The fraction of sp³-hybridized carbons (Fsp3) is 0.0588. The maximum Gasteiger partial charge on any atom is 0.278 e. The van der Waals surface area contributed by atoms with E-state index in [1.807, 2.05) is 30.3 Å². The average Bonchev–Trinajstić information content (AvgIpc) is 3.04. The molecule has 0 unspecified atom stereocenters. The zero-order valence-electron chi connectivity index (χ0n) is 12.7. The summed E-state index contributed by atoms with van der Waals surface area (Å²) in [4.78, 5) is 16.9. The van der Waals surface area contributed by atoms with Gasteiger partial charge < -0.3 is 4.74 Å². The first-order valence-corrected chi connectivity index (χ1v) is 8.02. The van der Waals surface area contributed by atoms with Gasteiger partial charge in [-0.25, -0.2) is 4.98 Å². The molecule has 7 heteroatoms. The van der Waals surface area contributed by atoms with Crippen LogP contribution in [0.3, 0.4) is 0 Å². The lowest BCUT2D eigenvalue weighted by molar-refractivity contribution is 0.102. The van der Waals surface area contributed by atoms with Gasteiger partial charge in [0, 0.05) is 11.5 Å². The van der Waals surface area contributed by atoms with Crippen LogP contribution < -0.4 is 10.1 Å². The van der Waals surface area contributed by atoms with E-state index in [9.17, 15) is 4.79 Å². The Bertz CT molecular complexity index is 1060. The van der Waals surface area contributed by atoms with E-state index in [4.69, 9.17) is 4.74 Å². The summed E-state index contributed by atoms with van der Waals surface area (Å²) in [5, 5.41) is 13.0. The molecular formula is C17H12N4O2S. The number of aromatic nitrogens is 3. The molecule has 0 spiro atoms. The quantitative estimate of drug-likeness (QED) is 0.619. The number of benzene rings is 2. The molecule has 0 radical (unpaired) electrons. The van der Waals surface area contributed by atoms with E-state index in [0.717, 1.165) is 21.0 Å². The second-order valence-electron chi connectivity index (χ2n) is 5.09. The van der Waals surface area contributed by atoms with Gasteiger partial charge in [-0.3, -0.25) is 10.1 Å². The van der Waals surface area contributed by atoms with Crippen molar-refractivity contribution in [3.8, 4) is 5.75 Å². The van der Waals surface area contributed by atoms with Crippen LogP contribution in [0.15, 0.2) is 48.7 Å². The zero-order valence-corrected chi connectivity index (χ0v) is 13.5. The third-order valence-corrected chi connectivity index (χ3v) is 4.54. The van der Waals surface area contributed by atoms with Crippen molar-refractivity contribution in [2.45, 2.75) is 0 Å². The molecule has 0 aliphatic rings. The van der Waals surface area contributed by atoms with Gasteiger partial charge in [-0.1, -0.05) is 41.7 Å². The molecule has 4 rings (SSSR count). The normalized spacial score (nSPS) is 10.9. The van der Waals surface area contributed by atoms with E-state index in [1.165, 1.54) is 30.7 Å². The van der Waals surface area contributed by atoms with Gasteiger partial charge in [0.1, 0.15) is 5.75 Å². The fourth-order valence-corrected chi connectivity index (χ4v) is 3.32. The molecule has 0 atom stereocenters. The summed E-state index contributed by atoms with van der Waals surface area (Å²) in [6.07, 6.45) is 1.45. The maximum atomic E-state index is 12.3. The lowest BCUT2D eigenvalue weighted by atomic mass is 10.1. The molecular weight excluding hydrogens is 324 g/mol. The highest BCUT2D eigenvalue weighted by molar-refractivity contribution is 7.22. The van der Waals surface area contributed by atoms with Crippen LogP contribution in [-0.2, 0) is 0 Å². The molecule has 1 N–H and O–H groups in total. The van der Waals surface area contributed by atoms with Gasteiger partial charge in [-0.15, -0.1) is 5.10 Å². The first-order valence-electron chi connectivity index (χ1n) is 7.21. The minimum atomic E-state index is -0.371. The summed E-state index contributed by atoms with van der Waals surface area (Å²) < 4.78 is 6.07. The number of hydrogen-bond acceptors (Lipinski definition) is 6. The van der Waals surface area contributed by atoms with Crippen LogP contribution in [0.4, 0.5) is 5.13 Å². The summed E-state index contributed by atoms with van der Waals surface area (Å²) in [5.41, 5.74) is 1.06. The second-order valence-corrected chi connectivity index (χ2v) is 6.12. The van der Waals surface area contributed by atoms with Gasteiger partial charge in [-0.2, -0.15) is 5.10 Å². The predicted octanol–water partition coefficient (Wildman–Crippen LogP) is 3.50. The number of fused-ring (bicyclic) bond motifs is 3. The van der Waals surface area contributed by atoms with Crippen LogP contribution >= 0.6 is 11.3 Å². The highest BCUT2D eigenvalue weighted by Crippen LogP contribution is 2.31. The topological polar surface area (TPSA) is 77.0 Å². The summed E-state index contributed by atoms with van der Waals surface area (Å²) in [7, 11) is 1.51. The first-order chi connectivity index (χ1) is 11.7. The van der Waals surface area contributed by atoms with E-state index in [0.29, 0.717) is 10.9 Å². The van der Waals surface area contributed by atoms with Gasteiger partial charge in [0.2, 0.25) is 0 Å². The van der Waals surface area contributed by atoms with Crippen molar-refractivity contribution in [2.75, 3.05) is 12.4 Å². The SMILES string of the molecule is COc1cnnc(C(=O)Nc2nc3c(ccc4ccccc43)s2)c1. The van der Waals surface area contributed by atoms with E-state index in [-0.39, 0.29) is 11.6 Å². The molecule has 2 heterocycles. The number of ether oxygens (including phenoxy) is 1. The lowest BCUT2D eigenvalue weighted by Gasteiger charge is -2.02. The summed E-state index contributed by atoms with van der Waals surface area (Å²) in [6.45, 7) is 0. The average molecular weight is 336 g/mol.